The highest BCUT2D eigenvalue weighted by molar-refractivity contribution is 5.91. The van der Waals surface area contributed by atoms with E-state index in [1.807, 2.05) is 0 Å². The van der Waals surface area contributed by atoms with Crippen molar-refractivity contribution in [3.63, 3.8) is 0 Å². The third kappa shape index (κ3) is 4.02. The second kappa shape index (κ2) is 5.74. The molecule has 6 heteroatoms. The van der Waals surface area contributed by atoms with Crippen molar-refractivity contribution in [1.82, 2.24) is 0 Å². The van der Waals surface area contributed by atoms with Gasteiger partial charge in [-0.25, -0.2) is 4.79 Å². The number of ether oxygens (including phenoxy) is 2. The Balaban J connectivity index is 2.55. The van der Waals surface area contributed by atoms with Gasteiger partial charge in [0.2, 0.25) is 0 Å². The van der Waals surface area contributed by atoms with Gasteiger partial charge in [-0.3, -0.25) is 4.79 Å². The Morgan fingerprint density at radius 3 is 2.29 bits per heavy atom. The van der Waals surface area contributed by atoms with Crippen LogP contribution in [0.3, 0.4) is 0 Å². The van der Waals surface area contributed by atoms with Crippen LogP contribution in [0.15, 0.2) is 18.2 Å². The summed E-state index contributed by atoms with van der Waals surface area (Å²) < 4.78 is 9.27. The molecule has 1 aromatic carbocycles. The Hall–Kier alpha value is -2.24. The lowest BCUT2D eigenvalue weighted by Crippen LogP contribution is -2.11. The number of rotatable bonds is 4. The quantitative estimate of drug-likeness (QED) is 0.587. The molecule has 0 heterocycles. The Morgan fingerprint density at radius 2 is 1.76 bits per heavy atom. The fraction of sp³-hybridized carbons (Fsp3) is 0.273. The van der Waals surface area contributed by atoms with Gasteiger partial charge < -0.3 is 20.9 Å². The van der Waals surface area contributed by atoms with Gasteiger partial charge >= 0.3 is 11.9 Å². The van der Waals surface area contributed by atoms with Gasteiger partial charge in [0.05, 0.1) is 19.1 Å². The number of hydrogen-bond acceptors (Lipinski definition) is 6. The minimum absolute atomic E-state index is 0.0139. The number of nitrogen functional groups attached to an aromatic ring is 2. The molecule has 0 aliphatic carbocycles. The molecule has 0 unspecified atom stereocenters. The van der Waals surface area contributed by atoms with Crippen LogP contribution in [0.5, 0.6) is 0 Å². The minimum Gasteiger partial charge on any atom is -0.469 e. The lowest BCUT2D eigenvalue weighted by molar-refractivity contribution is -0.141. The van der Waals surface area contributed by atoms with Gasteiger partial charge in [0.25, 0.3) is 0 Å². The van der Waals surface area contributed by atoms with Gasteiger partial charge in [-0.15, -0.1) is 0 Å². The van der Waals surface area contributed by atoms with Gasteiger partial charge in [0.1, 0.15) is 6.61 Å². The summed E-state index contributed by atoms with van der Waals surface area (Å²) in [5.74, 6) is -1.02. The molecule has 1 aromatic rings. The highest BCUT2D eigenvalue weighted by atomic mass is 16.5. The molecule has 0 radical (unpaired) electrons. The van der Waals surface area contributed by atoms with Gasteiger partial charge in [-0.05, 0) is 18.2 Å². The van der Waals surface area contributed by atoms with Crippen LogP contribution in [0.1, 0.15) is 16.8 Å². The van der Waals surface area contributed by atoms with E-state index in [-0.39, 0.29) is 18.6 Å². The molecule has 0 bridgehead atoms. The number of hydrogen-bond donors (Lipinski definition) is 2. The van der Waals surface area contributed by atoms with Gasteiger partial charge in [0.15, 0.2) is 0 Å². The minimum atomic E-state index is -0.576. The maximum Gasteiger partial charge on any atom is 0.338 e. The molecule has 0 atom stereocenters. The summed E-state index contributed by atoms with van der Waals surface area (Å²) in [6.07, 6.45) is 0.0139. The van der Waals surface area contributed by atoms with Crippen molar-refractivity contribution in [3.8, 4) is 0 Å². The van der Waals surface area contributed by atoms with E-state index in [4.69, 9.17) is 16.2 Å². The predicted octanol–water partition coefficient (Wildman–Crippen LogP) is 0.571. The lowest BCUT2D eigenvalue weighted by Gasteiger charge is -2.05. The summed E-state index contributed by atoms with van der Waals surface area (Å²) in [5.41, 5.74) is 12.1. The van der Waals surface area contributed by atoms with Gasteiger partial charge in [-0.2, -0.15) is 0 Å². The van der Waals surface area contributed by atoms with Crippen LogP contribution >= 0.6 is 0 Å². The molecule has 0 aliphatic heterocycles. The number of carbonyl (C=O) groups excluding carboxylic acids is 2. The van der Waals surface area contributed by atoms with Crippen LogP contribution in [0.25, 0.3) is 0 Å². The predicted molar refractivity (Wildman–Crippen MR) is 62.2 cm³/mol. The molecule has 0 aromatic heterocycles. The van der Waals surface area contributed by atoms with E-state index in [1.165, 1.54) is 25.3 Å². The smallest absolute Gasteiger partial charge is 0.338 e. The van der Waals surface area contributed by atoms with Crippen LogP contribution in [0.4, 0.5) is 11.4 Å². The Bertz CT molecular complexity index is 411. The highest BCUT2D eigenvalue weighted by Gasteiger charge is 2.09. The van der Waals surface area contributed by atoms with Crippen LogP contribution in [0, 0.1) is 0 Å². The summed E-state index contributed by atoms with van der Waals surface area (Å²) in [4.78, 5) is 22.3. The van der Waals surface area contributed by atoms with Crippen molar-refractivity contribution in [1.29, 1.82) is 0 Å². The molecule has 0 amide bonds. The SMILES string of the molecule is COC(=O)CCOC(=O)c1cc(N)cc(N)c1. The molecule has 0 fully saturated rings. The third-order valence-corrected chi connectivity index (χ3v) is 1.98. The first-order valence-corrected chi connectivity index (χ1v) is 4.93. The summed E-state index contributed by atoms with van der Waals surface area (Å²) >= 11 is 0. The van der Waals surface area contributed by atoms with Gasteiger partial charge in [0, 0.05) is 11.4 Å². The molecule has 0 aliphatic rings. The number of benzene rings is 1. The normalized spacial score (nSPS) is 9.71. The van der Waals surface area contributed by atoms with Crippen LogP contribution < -0.4 is 11.5 Å². The van der Waals surface area contributed by atoms with E-state index in [2.05, 4.69) is 4.74 Å². The summed E-state index contributed by atoms with van der Waals surface area (Å²) in [7, 11) is 1.27. The van der Waals surface area contributed by atoms with Crippen LogP contribution in [-0.2, 0) is 14.3 Å². The molecule has 6 nitrogen and oxygen atoms in total. The van der Waals surface area contributed by atoms with Gasteiger partial charge in [-0.1, -0.05) is 0 Å². The third-order valence-electron chi connectivity index (χ3n) is 1.98. The number of carbonyl (C=O) groups is 2. The fourth-order valence-corrected chi connectivity index (χ4v) is 1.21. The fourth-order valence-electron chi connectivity index (χ4n) is 1.21. The standard InChI is InChI=1S/C11H14N2O4/c1-16-10(14)2-3-17-11(15)7-4-8(12)6-9(13)5-7/h4-6H,2-3,12-13H2,1H3. The van der Waals surface area contributed by atoms with Crippen molar-refractivity contribution in [3.05, 3.63) is 23.8 Å². The second-order valence-electron chi connectivity index (χ2n) is 3.35. The Labute approximate surface area is 98.5 Å². The molecular formula is C11H14N2O4. The molecule has 17 heavy (non-hydrogen) atoms. The first-order chi connectivity index (χ1) is 8.02. The molecule has 4 N–H and O–H groups in total. The lowest BCUT2D eigenvalue weighted by atomic mass is 10.2. The van der Waals surface area contributed by atoms with Crippen molar-refractivity contribution < 1.29 is 19.1 Å². The number of nitrogens with two attached hydrogens (primary N) is 2. The number of esters is 2. The molecule has 92 valence electrons. The van der Waals surface area contributed by atoms with Crippen LogP contribution in [-0.4, -0.2) is 25.7 Å². The Morgan fingerprint density at radius 1 is 1.18 bits per heavy atom. The summed E-state index contributed by atoms with van der Waals surface area (Å²) in [5, 5.41) is 0. The van der Waals surface area contributed by atoms with E-state index < -0.39 is 11.9 Å². The Kier molecular flexibility index (Phi) is 4.33. The molecule has 1 rings (SSSR count). The summed E-state index contributed by atoms with van der Waals surface area (Å²) in [6.45, 7) is -0.0415. The highest BCUT2D eigenvalue weighted by Crippen LogP contribution is 2.14. The average Bonchev–Trinajstić information content (AvgIpc) is 2.27. The zero-order valence-corrected chi connectivity index (χ0v) is 9.43. The zero-order chi connectivity index (χ0) is 12.8. The van der Waals surface area contributed by atoms with E-state index >= 15 is 0 Å². The number of methoxy groups -OCH3 is 1. The maximum atomic E-state index is 11.5. The van der Waals surface area contributed by atoms with E-state index in [0.29, 0.717) is 11.4 Å². The maximum absolute atomic E-state index is 11.5. The molecule has 0 saturated carbocycles. The second-order valence-corrected chi connectivity index (χ2v) is 3.35. The van der Waals surface area contributed by atoms with Crippen molar-refractivity contribution >= 4 is 23.3 Å². The zero-order valence-electron chi connectivity index (χ0n) is 9.43. The topological polar surface area (TPSA) is 105 Å². The summed E-state index contributed by atoms with van der Waals surface area (Å²) in [6, 6.07) is 4.44. The average molecular weight is 238 g/mol. The van der Waals surface area contributed by atoms with Crippen molar-refractivity contribution in [2.75, 3.05) is 25.2 Å². The first-order valence-electron chi connectivity index (χ1n) is 4.93. The van der Waals surface area contributed by atoms with Crippen molar-refractivity contribution in [2.24, 2.45) is 0 Å². The molecule has 0 saturated heterocycles. The first kappa shape index (κ1) is 12.8. The van der Waals surface area contributed by atoms with E-state index in [1.54, 1.807) is 0 Å². The molecular weight excluding hydrogens is 224 g/mol. The monoisotopic (exact) mass is 238 g/mol. The largest absolute Gasteiger partial charge is 0.469 e. The number of anilines is 2. The van der Waals surface area contributed by atoms with Crippen molar-refractivity contribution in [2.45, 2.75) is 6.42 Å². The van der Waals surface area contributed by atoms with E-state index in [9.17, 15) is 9.59 Å². The van der Waals surface area contributed by atoms with Crippen LogP contribution in [0.2, 0.25) is 0 Å². The van der Waals surface area contributed by atoms with E-state index in [0.717, 1.165) is 0 Å². The molecule has 0 spiro atoms.